The van der Waals surface area contributed by atoms with Crippen LogP contribution < -0.4 is 9.61 Å². The predicted octanol–water partition coefficient (Wildman–Crippen LogP) is 4.56. The summed E-state index contributed by atoms with van der Waals surface area (Å²) in [5.41, 5.74) is 2.06. The molecule has 0 aliphatic rings. The summed E-state index contributed by atoms with van der Waals surface area (Å²) in [6.45, 7) is 3.68. The lowest BCUT2D eigenvalue weighted by Crippen LogP contribution is -2.02. The van der Waals surface area contributed by atoms with Crippen molar-refractivity contribution in [3.63, 3.8) is 0 Å². The maximum atomic E-state index is 12.4. The fourth-order valence-corrected chi connectivity index (χ4v) is 2.94. The minimum absolute atomic E-state index is 0.603. The van der Waals surface area contributed by atoms with Gasteiger partial charge in [-0.25, -0.2) is 0 Å². The Morgan fingerprint density at radius 3 is 2.26 bits per heavy atom. The summed E-state index contributed by atoms with van der Waals surface area (Å²) in [4.78, 5) is 0. The van der Waals surface area contributed by atoms with Crippen molar-refractivity contribution in [2.45, 2.75) is 13.3 Å². The molecule has 2 aromatic carbocycles. The monoisotopic (exact) mass is 275 g/mol. The van der Waals surface area contributed by atoms with Crippen LogP contribution in [0, 0.1) is 0 Å². The molecule has 1 atom stereocenters. The van der Waals surface area contributed by atoms with Crippen molar-refractivity contribution in [2.75, 3.05) is 11.8 Å². The molecule has 0 heterocycles. The molecule has 0 aliphatic carbocycles. The number of benzene rings is 2. The molecule has 19 heavy (non-hydrogen) atoms. The van der Waals surface area contributed by atoms with Crippen LogP contribution in [0.4, 0.5) is 5.69 Å². The van der Waals surface area contributed by atoms with Gasteiger partial charge in [0.05, 0.1) is 0 Å². The molecule has 0 aliphatic heterocycles. The molecule has 0 bridgehead atoms. The summed E-state index contributed by atoms with van der Waals surface area (Å²) in [6, 6.07) is 17.1. The van der Waals surface area contributed by atoms with E-state index in [1.165, 1.54) is 5.56 Å². The van der Waals surface area contributed by atoms with E-state index in [1.807, 2.05) is 42.5 Å². The number of nitrogens with one attached hydrogen (secondary N) is 1. The number of anilines is 1. The van der Waals surface area contributed by atoms with Gasteiger partial charge in [-0.05, 0) is 36.2 Å². The summed E-state index contributed by atoms with van der Waals surface area (Å²) in [5, 5.41) is 2.95. The molecule has 2 aromatic rings. The van der Waals surface area contributed by atoms with Gasteiger partial charge < -0.3 is 9.61 Å². The molecule has 0 saturated heterocycles. The first-order chi connectivity index (χ1) is 9.09. The van der Waals surface area contributed by atoms with Gasteiger partial charge in [0.25, 0.3) is 0 Å². The number of hydrogen-bond acceptors (Lipinski definition) is 2. The lowest BCUT2D eigenvalue weighted by Gasteiger charge is -2.17. The molecule has 1 N–H and O–H groups in total. The van der Waals surface area contributed by atoms with Crippen LogP contribution in [0.3, 0.4) is 0 Å². The maximum Gasteiger partial charge on any atom is 0.338 e. The molecule has 0 saturated carbocycles. The Kier molecular flexibility index (Phi) is 4.28. The number of hydrogen-bond donors (Lipinski definition) is 1. The lowest BCUT2D eigenvalue weighted by molar-refractivity contribution is 0.493. The van der Waals surface area contributed by atoms with E-state index in [0.717, 1.165) is 12.1 Å². The largest absolute Gasteiger partial charge is 0.429 e. The zero-order valence-corrected chi connectivity index (χ0v) is 12.1. The van der Waals surface area contributed by atoms with Gasteiger partial charge in [-0.2, -0.15) is 0 Å². The quantitative estimate of drug-likeness (QED) is 0.813. The first-order valence-electron chi connectivity index (χ1n) is 6.28. The zero-order chi connectivity index (χ0) is 13.7. The van der Waals surface area contributed by atoms with Crippen LogP contribution in [-0.4, -0.2) is 6.66 Å². The Morgan fingerprint density at radius 2 is 1.68 bits per heavy atom. The van der Waals surface area contributed by atoms with E-state index in [9.17, 15) is 4.57 Å². The van der Waals surface area contributed by atoms with Crippen molar-refractivity contribution in [3.8, 4) is 5.75 Å². The SMILES string of the molecule is CCc1ccc(N[P@@](C)(=O)Oc2ccccc2)cc1. The van der Waals surface area contributed by atoms with E-state index in [4.69, 9.17) is 4.52 Å². The molecule has 0 unspecified atom stereocenters. The third-order valence-electron chi connectivity index (χ3n) is 2.72. The van der Waals surface area contributed by atoms with Crippen LogP contribution in [0.25, 0.3) is 0 Å². The van der Waals surface area contributed by atoms with Crippen LogP contribution in [-0.2, 0) is 11.0 Å². The minimum Gasteiger partial charge on any atom is -0.429 e. The number of aryl methyl sites for hydroxylation is 1. The standard InChI is InChI=1S/C15H18NO2P/c1-3-13-9-11-14(12-10-13)16-19(2,17)18-15-7-5-4-6-8-15/h4-12H,3H2,1-2H3,(H,16,17)/t19-/m0/s1. The van der Waals surface area contributed by atoms with Gasteiger partial charge in [0.1, 0.15) is 5.75 Å². The normalized spacial score (nSPS) is 13.6. The second-order valence-electron chi connectivity index (χ2n) is 4.41. The van der Waals surface area contributed by atoms with Crippen molar-refractivity contribution in [1.82, 2.24) is 0 Å². The van der Waals surface area contributed by atoms with Crippen molar-refractivity contribution in [2.24, 2.45) is 0 Å². The van der Waals surface area contributed by atoms with Crippen molar-refractivity contribution in [1.29, 1.82) is 0 Å². The van der Waals surface area contributed by atoms with Crippen molar-refractivity contribution < 1.29 is 9.09 Å². The Morgan fingerprint density at radius 1 is 1.05 bits per heavy atom. The molecular formula is C15H18NO2P. The predicted molar refractivity (Wildman–Crippen MR) is 80.0 cm³/mol. The topological polar surface area (TPSA) is 38.3 Å². The molecule has 0 fully saturated rings. The van der Waals surface area contributed by atoms with Crippen LogP contribution in [0.5, 0.6) is 5.75 Å². The van der Waals surface area contributed by atoms with Crippen LogP contribution in [0.1, 0.15) is 12.5 Å². The van der Waals surface area contributed by atoms with E-state index in [2.05, 4.69) is 12.0 Å². The van der Waals surface area contributed by atoms with Crippen molar-refractivity contribution in [3.05, 3.63) is 60.2 Å². The Hall–Kier alpha value is -1.73. The van der Waals surface area contributed by atoms with Gasteiger partial charge in [-0.3, -0.25) is 4.57 Å². The Labute approximate surface area is 114 Å². The number of rotatable bonds is 5. The maximum absolute atomic E-state index is 12.4. The molecule has 2 rings (SSSR count). The minimum atomic E-state index is -2.91. The van der Waals surface area contributed by atoms with Crippen LogP contribution in [0.2, 0.25) is 0 Å². The third-order valence-corrected chi connectivity index (χ3v) is 3.94. The molecule has 3 nitrogen and oxygen atoms in total. The van der Waals surface area contributed by atoms with Crippen LogP contribution in [0.15, 0.2) is 54.6 Å². The second kappa shape index (κ2) is 5.94. The fraction of sp³-hybridized carbons (Fsp3) is 0.200. The molecule has 0 radical (unpaired) electrons. The van der Waals surface area contributed by atoms with Gasteiger partial charge in [0, 0.05) is 12.4 Å². The first-order valence-corrected chi connectivity index (χ1v) is 8.35. The molecule has 0 amide bonds. The van der Waals surface area contributed by atoms with E-state index in [0.29, 0.717) is 5.75 Å². The Bertz CT molecular complexity index is 566. The smallest absolute Gasteiger partial charge is 0.338 e. The first kappa shape index (κ1) is 13.7. The van der Waals surface area contributed by atoms with Gasteiger partial charge in [0.15, 0.2) is 0 Å². The van der Waals surface area contributed by atoms with Crippen LogP contribution >= 0.6 is 7.52 Å². The summed E-state index contributed by atoms with van der Waals surface area (Å²) in [7, 11) is -2.91. The molecule has 4 heteroatoms. The molecule has 0 aromatic heterocycles. The summed E-state index contributed by atoms with van der Waals surface area (Å²) in [5.74, 6) is 0.603. The average molecular weight is 275 g/mol. The number of para-hydroxylation sites is 1. The highest BCUT2D eigenvalue weighted by atomic mass is 31.2. The highest BCUT2D eigenvalue weighted by molar-refractivity contribution is 7.60. The van der Waals surface area contributed by atoms with Gasteiger partial charge in [-0.1, -0.05) is 37.3 Å². The highest BCUT2D eigenvalue weighted by Crippen LogP contribution is 2.43. The lowest BCUT2D eigenvalue weighted by atomic mass is 10.2. The van der Waals surface area contributed by atoms with Gasteiger partial charge in [-0.15, -0.1) is 0 Å². The van der Waals surface area contributed by atoms with E-state index < -0.39 is 7.52 Å². The van der Waals surface area contributed by atoms with Gasteiger partial charge >= 0.3 is 7.52 Å². The van der Waals surface area contributed by atoms with Gasteiger partial charge in [0.2, 0.25) is 0 Å². The zero-order valence-electron chi connectivity index (χ0n) is 11.2. The summed E-state index contributed by atoms with van der Waals surface area (Å²) >= 11 is 0. The fourth-order valence-electron chi connectivity index (χ4n) is 1.75. The van der Waals surface area contributed by atoms with Crippen molar-refractivity contribution >= 4 is 13.2 Å². The second-order valence-corrected chi connectivity index (χ2v) is 6.51. The highest BCUT2D eigenvalue weighted by Gasteiger charge is 2.16. The third kappa shape index (κ3) is 4.15. The Balaban J connectivity index is 2.06. The van der Waals surface area contributed by atoms with E-state index >= 15 is 0 Å². The molecular weight excluding hydrogens is 257 g/mol. The summed E-state index contributed by atoms with van der Waals surface area (Å²) < 4.78 is 17.9. The average Bonchev–Trinajstić information content (AvgIpc) is 2.39. The van der Waals surface area contributed by atoms with E-state index in [-0.39, 0.29) is 0 Å². The summed E-state index contributed by atoms with van der Waals surface area (Å²) in [6.07, 6.45) is 0.991. The molecule has 100 valence electrons. The van der Waals surface area contributed by atoms with E-state index in [1.54, 1.807) is 18.8 Å². The molecule has 0 spiro atoms.